The van der Waals surface area contributed by atoms with Crippen LogP contribution in [-0.4, -0.2) is 16.1 Å². The second-order valence-electron chi connectivity index (χ2n) is 4.82. The van der Waals surface area contributed by atoms with Crippen LogP contribution in [0.1, 0.15) is 15.9 Å². The lowest BCUT2D eigenvalue weighted by atomic mass is 10.1. The molecule has 1 heterocycles. The SMILES string of the molecule is O=C(O)c1c[nH]c2ccc(OCc3ccccc3)cc2c1=O. The molecule has 0 saturated carbocycles. The molecule has 0 aliphatic heterocycles. The van der Waals surface area contributed by atoms with Gasteiger partial charge in [0.05, 0.1) is 5.39 Å². The van der Waals surface area contributed by atoms with E-state index in [1.807, 2.05) is 30.3 Å². The molecule has 0 amide bonds. The number of H-pyrrole nitrogens is 1. The van der Waals surface area contributed by atoms with Gasteiger partial charge in [0.25, 0.3) is 0 Å². The lowest BCUT2D eigenvalue weighted by molar-refractivity contribution is 0.0695. The van der Waals surface area contributed by atoms with E-state index in [9.17, 15) is 9.59 Å². The molecule has 0 aliphatic carbocycles. The number of ether oxygens (including phenoxy) is 1. The molecular formula is C17H13NO4. The van der Waals surface area contributed by atoms with Crippen LogP contribution in [0.4, 0.5) is 0 Å². The van der Waals surface area contributed by atoms with Gasteiger partial charge in [-0.3, -0.25) is 4.79 Å². The van der Waals surface area contributed by atoms with Gasteiger partial charge in [-0.25, -0.2) is 4.79 Å². The summed E-state index contributed by atoms with van der Waals surface area (Å²) in [5, 5.41) is 9.29. The first-order valence-corrected chi connectivity index (χ1v) is 6.70. The molecule has 0 unspecified atom stereocenters. The Balaban J connectivity index is 1.93. The summed E-state index contributed by atoms with van der Waals surface area (Å²) in [6.07, 6.45) is 1.21. The Hall–Kier alpha value is -3.08. The number of pyridine rings is 1. The highest BCUT2D eigenvalue weighted by atomic mass is 16.5. The number of carboxylic acids is 1. The summed E-state index contributed by atoms with van der Waals surface area (Å²) in [5.41, 5.74) is 0.775. The highest BCUT2D eigenvalue weighted by Crippen LogP contribution is 2.18. The molecule has 0 radical (unpaired) electrons. The molecule has 3 aromatic rings. The number of carboxylic acid groups (broad SMARTS) is 1. The summed E-state index contributed by atoms with van der Waals surface area (Å²) in [5.74, 6) is -0.733. The molecule has 110 valence electrons. The molecule has 2 N–H and O–H groups in total. The number of aromatic carboxylic acids is 1. The zero-order valence-corrected chi connectivity index (χ0v) is 11.6. The van der Waals surface area contributed by atoms with Gasteiger partial charge in [-0.05, 0) is 23.8 Å². The largest absolute Gasteiger partial charge is 0.489 e. The molecule has 0 bridgehead atoms. The van der Waals surface area contributed by atoms with Crippen LogP contribution >= 0.6 is 0 Å². The Morgan fingerprint density at radius 3 is 2.64 bits per heavy atom. The minimum absolute atomic E-state index is 0.285. The smallest absolute Gasteiger partial charge is 0.341 e. The van der Waals surface area contributed by atoms with Crippen molar-refractivity contribution in [2.45, 2.75) is 6.61 Å². The van der Waals surface area contributed by atoms with Crippen molar-refractivity contribution in [3.63, 3.8) is 0 Å². The van der Waals surface area contributed by atoms with E-state index in [-0.39, 0.29) is 5.56 Å². The van der Waals surface area contributed by atoms with Crippen molar-refractivity contribution in [3.05, 3.63) is 76.1 Å². The minimum Gasteiger partial charge on any atom is -0.489 e. The van der Waals surface area contributed by atoms with Crippen LogP contribution in [0.5, 0.6) is 5.75 Å². The molecule has 5 nitrogen and oxygen atoms in total. The molecule has 0 aliphatic rings. The average molecular weight is 295 g/mol. The summed E-state index contributed by atoms with van der Waals surface area (Å²) >= 11 is 0. The third-order valence-electron chi connectivity index (χ3n) is 3.33. The first-order valence-electron chi connectivity index (χ1n) is 6.70. The summed E-state index contributed by atoms with van der Waals surface area (Å²) in [6.45, 7) is 0.378. The highest BCUT2D eigenvalue weighted by molar-refractivity contribution is 5.92. The molecule has 1 aromatic heterocycles. The molecule has 22 heavy (non-hydrogen) atoms. The van der Waals surface area contributed by atoms with Gasteiger partial charge in [-0.2, -0.15) is 0 Å². The number of fused-ring (bicyclic) bond motifs is 1. The van der Waals surface area contributed by atoms with E-state index in [2.05, 4.69) is 4.98 Å². The zero-order valence-electron chi connectivity index (χ0n) is 11.6. The third kappa shape index (κ3) is 2.69. The number of hydrogen-bond acceptors (Lipinski definition) is 3. The molecule has 0 fully saturated rings. The van der Waals surface area contributed by atoms with E-state index in [1.165, 1.54) is 6.20 Å². The number of aromatic amines is 1. The Morgan fingerprint density at radius 1 is 1.14 bits per heavy atom. The number of benzene rings is 2. The van der Waals surface area contributed by atoms with E-state index < -0.39 is 11.4 Å². The van der Waals surface area contributed by atoms with Gasteiger partial charge in [0, 0.05) is 11.7 Å². The fourth-order valence-electron chi connectivity index (χ4n) is 2.19. The number of hydrogen-bond donors (Lipinski definition) is 2. The van der Waals surface area contributed by atoms with Gasteiger partial charge >= 0.3 is 5.97 Å². The average Bonchev–Trinajstić information content (AvgIpc) is 2.54. The van der Waals surface area contributed by atoms with E-state index in [0.29, 0.717) is 23.3 Å². The second-order valence-corrected chi connectivity index (χ2v) is 4.82. The Labute approximate surface area is 125 Å². The van der Waals surface area contributed by atoms with Gasteiger partial charge in [0.15, 0.2) is 0 Å². The van der Waals surface area contributed by atoms with E-state index in [4.69, 9.17) is 9.84 Å². The standard InChI is InChI=1S/C17H13NO4/c19-16-13-8-12(22-10-11-4-2-1-3-5-11)6-7-15(13)18-9-14(16)17(20)21/h1-9H,10H2,(H,18,19)(H,20,21). The molecular weight excluding hydrogens is 282 g/mol. The van der Waals surface area contributed by atoms with Crippen LogP contribution in [0.15, 0.2) is 59.5 Å². The number of nitrogens with one attached hydrogen (secondary N) is 1. The van der Waals surface area contributed by atoms with Crippen molar-refractivity contribution >= 4 is 16.9 Å². The van der Waals surface area contributed by atoms with Crippen molar-refractivity contribution in [2.24, 2.45) is 0 Å². The maximum atomic E-state index is 12.1. The summed E-state index contributed by atoms with van der Waals surface area (Å²) in [4.78, 5) is 26.0. The van der Waals surface area contributed by atoms with Crippen LogP contribution in [0.2, 0.25) is 0 Å². The van der Waals surface area contributed by atoms with E-state index in [1.54, 1.807) is 18.2 Å². The second kappa shape index (κ2) is 5.73. The molecule has 5 heteroatoms. The first kappa shape index (κ1) is 13.9. The number of rotatable bonds is 4. The van der Waals surface area contributed by atoms with Gasteiger partial charge < -0.3 is 14.8 Å². The predicted octanol–water partition coefficient (Wildman–Crippen LogP) is 2.81. The molecule has 2 aromatic carbocycles. The molecule has 3 rings (SSSR count). The predicted molar refractivity (Wildman–Crippen MR) is 82.3 cm³/mol. The highest BCUT2D eigenvalue weighted by Gasteiger charge is 2.12. The molecule has 0 spiro atoms. The summed E-state index contributed by atoms with van der Waals surface area (Å²) in [6, 6.07) is 14.6. The van der Waals surface area contributed by atoms with Gasteiger partial charge in [0.1, 0.15) is 17.9 Å². The Kier molecular flexibility index (Phi) is 3.62. The quantitative estimate of drug-likeness (QED) is 0.775. The van der Waals surface area contributed by atoms with Crippen molar-refractivity contribution in [2.75, 3.05) is 0 Å². The lowest BCUT2D eigenvalue weighted by Crippen LogP contribution is -2.15. The zero-order chi connectivity index (χ0) is 15.5. The monoisotopic (exact) mass is 295 g/mol. The Morgan fingerprint density at radius 2 is 1.91 bits per heavy atom. The fourth-order valence-corrected chi connectivity index (χ4v) is 2.19. The molecule has 0 saturated heterocycles. The van der Waals surface area contributed by atoms with Gasteiger partial charge in [-0.15, -0.1) is 0 Å². The normalized spacial score (nSPS) is 10.5. The van der Waals surface area contributed by atoms with Crippen LogP contribution in [0.3, 0.4) is 0 Å². The van der Waals surface area contributed by atoms with Crippen LogP contribution in [0, 0.1) is 0 Å². The third-order valence-corrected chi connectivity index (χ3v) is 3.33. The van der Waals surface area contributed by atoms with Crippen molar-refractivity contribution < 1.29 is 14.6 Å². The van der Waals surface area contributed by atoms with Crippen LogP contribution in [0.25, 0.3) is 10.9 Å². The minimum atomic E-state index is -1.25. The van der Waals surface area contributed by atoms with Crippen molar-refractivity contribution in [3.8, 4) is 5.75 Å². The Bertz CT molecular complexity index is 884. The topological polar surface area (TPSA) is 79.4 Å². The van der Waals surface area contributed by atoms with E-state index >= 15 is 0 Å². The molecule has 0 atom stereocenters. The summed E-state index contributed by atoms with van der Waals surface area (Å²) in [7, 11) is 0. The number of carbonyl (C=O) groups is 1. The van der Waals surface area contributed by atoms with Crippen LogP contribution < -0.4 is 10.2 Å². The summed E-state index contributed by atoms with van der Waals surface area (Å²) < 4.78 is 5.66. The van der Waals surface area contributed by atoms with Crippen molar-refractivity contribution in [1.29, 1.82) is 0 Å². The number of aromatic nitrogens is 1. The van der Waals surface area contributed by atoms with Crippen LogP contribution in [-0.2, 0) is 6.61 Å². The van der Waals surface area contributed by atoms with Gasteiger partial charge in [-0.1, -0.05) is 30.3 Å². The maximum absolute atomic E-state index is 12.1. The lowest BCUT2D eigenvalue weighted by Gasteiger charge is -2.07. The van der Waals surface area contributed by atoms with Gasteiger partial charge in [0.2, 0.25) is 5.43 Å². The maximum Gasteiger partial charge on any atom is 0.341 e. The fraction of sp³-hybridized carbons (Fsp3) is 0.0588. The van der Waals surface area contributed by atoms with E-state index in [0.717, 1.165) is 5.56 Å². The first-order chi connectivity index (χ1) is 10.6. The van der Waals surface area contributed by atoms with Crippen molar-refractivity contribution in [1.82, 2.24) is 4.98 Å².